The van der Waals surface area contributed by atoms with Crippen LogP contribution < -0.4 is 0 Å². The van der Waals surface area contributed by atoms with Crippen LogP contribution >= 0.6 is 11.6 Å². The molecule has 0 unspecified atom stereocenters. The fourth-order valence-corrected chi connectivity index (χ4v) is 1.75. The van der Waals surface area contributed by atoms with Crippen LogP contribution in [-0.2, 0) is 0 Å². The maximum atomic E-state index is 13.1. The second-order valence-corrected chi connectivity index (χ2v) is 3.77. The van der Waals surface area contributed by atoms with Gasteiger partial charge in [-0.25, -0.2) is 4.39 Å². The molecule has 4 heteroatoms. The average molecular weight is 239 g/mol. The first-order chi connectivity index (χ1) is 7.56. The molecular weight excluding hydrogens is 231 g/mol. The second kappa shape index (κ2) is 4.02. The minimum absolute atomic E-state index is 0.0365. The molecule has 0 heterocycles. The summed E-state index contributed by atoms with van der Waals surface area (Å²) >= 11 is 5.90. The normalized spacial score (nSPS) is 10.4. The molecule has 0 radical (unpaired) electrons. The van der Waals surface area contributed by atoms with Crippen LogP contribution in [0.25, 0.3) is 11.1 Å². The SMILES string of the molecule is Oc1cc(F)cc(-c2ccc(O)cc2Cl)c1. The van der Waals surface area contributed by atoms with E-state index in [2.05, 4.69) is 0 Å². The maximum Gasteiger partial charge on any atom is 0.127 e. The molecule has 0 saturated carbocycles. The van der Waals surface area contributed by atoms with E-state index in [1.807, 2.05) is 0 Å². The van der Waals surface area contributed by atoms with Crippen LogP contribution in [0.1, 0.15) is 0 Å². The average Bonchev–Trinajstić information content (AvgIpc) is 2.15. The summed E-state index contributed by atoms with van der Waals surface area (Å²) in [6, 6.07) is 8.05. The first-order valence-corrected chi connectivity index (χ1v) is 4.92. The summed E-state index contributed by atoms with van der Waals surface area (Å²) in [6.07, 6.45) is 0. The molecule has 16 heavy (non-hydrogen) atoms. The quantitative estimate of drug-likeness (QED) is 0.798. The van der Waals surface area contributed by atoms with E-state index in [0.29, 0.717) is 16.1 Å². The highest BCUT2D eigenvalue weighted by Crippen LogP contribution is 2.32. The highest BCUT2D eigenvalue weighted by molar-refractivity contribution is 6.33. The lowest BCUT2D eigenvalue weighted by atomic mass is 10.1. The van der Waals surface area contributed by atoms with Gasteiger partial charge in [-0.3, -0.25) is 0 Å². The molecule has 0 aliphatic rings. The molecule has 0 aliphatic heterocycles. The minimum atomic E-state index is -0.542. The molecule has 2 rings (SSSR count). The van der Waals surface area contributed by atoms with E-state index >= 15 is 0 Å². The van der Waals surface area contributed by atoms with Crippen LogP contribution in [0.15, 0.2) is 36.4 Å². The number of hydrogen-bond donors (Lipinski definition) is 2. The zero-order chi connectivity index (χ0) is 11.7. The van der Waals surface area contributed by atoms with Crippen LogP contribution in [0.4, 0.5) is 4.39 Å². The predicted molar refractivity (Wildman–Crippen MR) is 60.2 cm³/mol. The number of halogens is 2. The fourth-order valence-electron chi connectivity index (χ4n) is 1.47. The molecule has 0 bridgehead atoms. The summed E-state index contributed by atoms with van der Waals surface area (Å²) in [5.41, 5.74) is 1.01. The molecular formula is C12H8ClFO2. The van der Waals surface area contributed by atoms with E-state index in [0.717, 1.165) is 6.07 Å². The van der Waals surface area contributed by atoms with Crippen molar-refractivity contribution in [1.82, 2.24) is 0 Å². The third-order valence-corrected chi connectivity index (χ3v) is 2.46. The van der Waals surface area contributed by atoms with Crippen LogP contribution in [0.5, 0.6) is 11.5 Å². The number of phenolic OH excluding ortho intramolecular Hbond substituents is 2. The van der Waals surface area contributed by atoms with Gasteiger partial charge in [-0.05, 0) is 35.9 Å². The predicted octanol–water partition coefficient (Wildman–Crippen LogP) is 3.56. The van der Waals surface area contributed by atoms with Crippen molar-refractivity contribution in [3.8, 4) is 22.6 Å². The number of aromatic hydroxyl groups is 2. The molecule has 0 saturated heterocycles. The largest absolute Gasteiger partial charge is 0.508 e. The Balaban J connectivity index is 2.58. The topological polar surface area (TPSA) is 40.5 Å². The molecule has 0 amide bonds. The van der Waals surface area contributed by atoms with Crippen LogP contribution in [-0.4, -0.2) is 10.2 Å². The van der Waals surface area contributed by atoms with Gasteiger partial charge in [0.25, 0.3) is 0 Å². The monoisotopic (exact) mass is 238 g/mol. The van der Waals surface area contributed by atoms with E-state index in [-0.39, 0.29) is 11.5 Å². The van der Waals surface area contributed by atoms with Gasteiger partial charge in [-0.1, -0.05) is 11.6 Å². The fraction of sp³-hybridized carbons (Fsp3) is 0. The van der Waals surface area contributed by atoms with Crippen molar-refractivity contribution in [3.63, 3.8) is 0 Å². The summed E-state index contributed by atoms with van der Waals surface area (Å²) in [5.74, 6) is -0.673. The Morgan fingerprint density at radius 2 is 1.69 bits per heavy atom. The Bertz CT molecular complexity index is 520. The van der Waals surface area contributed by atoms with Crippen molar-refractivity contribution in [2.45, 2.75) is 0 Å². The van der Waals surface area contributed by atoms with Crippen molar-refractivity contribution >= 4 is 11.6 Å². The molecule has 0 aliphatic carbocycles. The lowest BCUT2D eigenvalue weighted by molar-refractivity contribution is 0.469. The van der Waals surface area contributed by atoms with Crippen molar-refractivity contribution < 1.29 is 14.6 Å². The first kappa shape index (κ1) is 10.8. The Labute approximate surface area is 96.5 Å². The van der Waals surface area contributed by atoms with Crippen molar-refractivity contribution in [3.05, 3.63) is 47.2 Å². The molecule has 0 atom stereocenters. The Morgan fingerprint density at radius 3 is 2.31 bits per heavy atom. The Morgan fingerprint density at radius 1 is 0.938 bits per heavy atom. The van der Waals surface area contributed by atoms with Gasteiger partial charge < -0.3 is 10.2 Å². The summed E-state index contributed by atoms with van der Waals surface area (Å²) < 4.78 is 13.1. The third kappa shape index (κ3) is 2.09. The summed E-state index contributed by atoms with van der Waals surface area (Å²) in [4.78, 5) is 0. The van der Waals surface area contributed by atoms with Crippen molar-refractivity contribution in [1.29, 1.82) is 0 Å². The number of benzene rings is 2. The van der Waals surface area contributed by atoms with Gasteiger partial charge in [-0.15, -0.1) is 0 Å². The van der Waals surface area contributed by atoms with E-state index < -0.39 is 5.82 Å². The van der Waals surface area contributed by atoms with Crippen LogP contribution in [0, 0.1) is 5.82 Å². The van der Waals surface area contributed by atoms with Crippen LogP contribution in [0.2, 0.25) is 5.02 Å². The second-order valence-electron chi connectivity index (χ2n) is 3.36. The van der Waals surface area contributed by atoms with Gasteiger partial charge in [-0.2, -0.15) is 0 Å². The van der Waals surface area contributed by atoms with Gasteiger partial charge in [0.15, 0.2) is 0 Å². The molecule has 0 fully saturated rings. The Kier molecular flexibility index (Phi) is 2.71. The van der Waals surface area contributed by atoms with E-state index in [4.69, 9.17) is 11.6 Å². The van der Waals surface area contributed by atoms with Gasteiger partial charge >= 0.3 is 0 Å². The third-order valence-electron chi connectivity index (χ3n) is 2.15. The molecule has 2 N–H and O–H groups in total. The van der Waals surface area contributed by atoms with Crippen molar-refractivity contribution in [2.24, 2.45) is 0 Å². The number of rotatable bonds is 1. The Hall–Kier alpha value is -1.74. The highest BCUT2D eigenvalue weighted by atomic mass is 35.5. The van der Waals surface area contributed by atoms with Gasteiger partial charge in [0.05, 0.1) is 5.02 Å². The van der Waals surface area contributed by atoms with Crippen molar-refractivity contribution in [2.75, 3.05) is 0 Å². The minimum Gasteiger partial charge on any atom is -0.508 e. The molecule has 2 aromatic carbocycles. The maximum absolute atomic E-state index is 13.1. The van der Waals surface area contributed by atoms with E-state index in [1.165, 1.54) is 24.3 Å². The van der Waals surface area contributed by atoms with Gasteiger partial charge in [0.1, 0.15) is 17.3 Å². The molecule has 0 spiro atoms. The van der Waals surface area contributed by atoms with Gasteiger partial charge in [0.2, 0.25) is 0 Å². The molecule has 2 nitrogen and oxygen atoms in total. The lowest BCUT2D eigenvalue weighted by Crippen LogP contribution is -1.82. The highest BCUT2D eigenvalue weighted by Gasteiger charge is 2.07. The summed E-state index contributed by atoms with van der Waals surface area (Å²) in [5, 5.41) is 18.8. The molecule has 2 aromatic rings. The number of phenols is 2. The zero-order valence-corrected chi connectivity index (χ0v) is 8.87. The standard InChI is InChI=1S/C12H8ClFO2/c13-12-6-9(15)1-2-11(12)7-3-8(14)5-10(16)4-7/h1-6,15-16H. The summed E-state index contributed by atoms with van der Waals surface area (Å²) in [7, 11) is 0. The van der Waals surface area contributed by atoms with E-state index in [1.54, 1.807) is 6.07 Å². The first-order valence-electron chi connectivity index (χ1n) is 4.55. The molecule has 82 valence electrons. The molecule has 0 aromatic heterocycles. The lowest BCUT2D eigenvalue weighted by Gasteiger charge is -2.06. The van der Waals surface area contributed by atoms with Gasteiger partial charge in [0, 0.05) is 11.6 Å². The zero-order valence-electron chi connectivity index (χ0n) is 8.11. The number of hydrogen-bond acceptors (Lipinski definition) is 2. The summed E-state index contributed by atoms with van der Waals surface area (Å²) in [6.45, 7) is 0. The van der Waals surface area contributed by atoms with Crippen LogP contribution in [0.3, 0.4) is 0 Å². The smallest absolute Gasteiger partial charge is 0.127 e. The van der Waals surface area contributed by atoms with E-state index in [9.17, 15) is 14.6 Å².